The van der Waals surface area contributed by atoms with E-state index in [9.17, 15) is 18.0 Å². The Labute approximate surface area is 140 Å². The summed E-state index contributed by atoms with van der Waals surface area (Å²) in [7, 11) is 0. The minimum atomic E-state index is -4.36. The average Bonchev–Trinajstić information content (AvgIpc) is 2.94. The van der Waals surface area contributed by atoms with Crippen LogP contribution in [0.3, 0.4) is 0 Å². The van der Waals surface area contributed by atoms with Gasteiger partial charge >= 0.3 is 12.1 Å². The molecule has 1 N–H and O–H groups in total. The predicted octanol–water partition coefficient (Wildman–Crippen LogP) is 3.71. The number of ether oxygens (including phenoxy) is 1. The summed E-state index contributed by atoms with van der Waals surface area (Å²) in [6.45, 7) is 2.04. The minimum absolute atomic E-state index is 0.0780. The van der Waals surface area contributed by atoms with E-state index in [2.05, 4.69) is 15.5 Å². The topological polar surface area (TPSA) is 63.6 Å². The third kappa shape index (κ3) is 5.34. The van der Waals surface area contributed by atoms with E-state index in [1.807, 2.05) is 0 Å². The van der Waals surface area contributed by atoms with Crippen molar-refractivity contribution >= 4 is 28.7 Å². The van der Waals surface area contributed by atoms with Gasteiger partial charge in [-0.1, -0.05) is 12.1 Å². The van der Waals surface area contributed by atoms with Crippen LogP contribution in [-0.4, -0.2) is 23.8 Å². The number of nitrogens with zero attached hydrogens (tertiary/aromatic N) is 2. The van der Waals surface area contributed by atoms with Crippen molar-refractivity contribution in [1.29, 1.82) is 0 Å². The molecule has 1 aromatic carbocycles. The van der Waals surface area contributed by atoms with Crippen molar-refractivity contribution in [2.45, 2.75) is 19.5 Å². The number of thiazole rings is 1. The van der Waals surface area contributed by atoms with E-state index in [4.69, 9.17) is 4.74 Å². The highest BCUT2D eigenvalue weighted by Crippen LogP contribution is 2.28. The van der Waals surface area contributed by atoms with Crippen LogP contribution in [-0.2, 0) is 22.1 Å². The van der Waals surface area contributed by atoms with Crippen molar-refractivity contribution in [3.63, 3.8) is 0 Å². The normalized spacial score (nSPS) is 11.7. The molecule has 0 atom stereocenters. The molecule has 24 heavy (non-hydrogen) atoms. The first kappa shape index (κ1) is 17.9. The van der Waals surface area contributed by atoms with E-state index < -0.39 is 11.7 Å². The average molecular weight is 357 g/mol. The summed E-state index contributed by atoms with van der Waals surface area (Å²) in [6, 6.07) is 4.62. The van der Waals surface area contributed by atoms with Crippen LogP contribution in [0.25, 0.3) is 0 Å². The van der Waals surface area contributed by atoms with Gasteiger partial charge < -0.3 is 4.74 Å². The fourth-order valence-electron chi connectivity index (χ4n) is 1.72. The number of anilines is 1. The summed E-state index contributed by atoms with van der Waals surface area (Å²) in [5.74, 6) is -0.359. The fraction of sp³-hybridized carbons (Fsp3) is 0.267. The van der Waals surface area contributed by atoms with Crippen LogP contribution < -0.4 is 5.43 Å². The van der Waals surface area contributed by atoms with Gasteiger partial charge in [-0.25, -0.2) is 4.98 Å². The first-order valence-electron chi connectivity index (χ1n) is 6.95. The molecule has 0 aliphatic rings. The maximum absolute atomic E-state index is 12.4. The van der Waals surface area contributed by atoms with Gasteiger partial charge in [0.25, 0.3) is 0 Å². The Hall–Kier alpha value is -2.42. The Morgan fingerprint density at radius 1 is 1.38 bits per heavy atom. The minimum Gasteiger partial charge on any atom is -0.466 e. The zero-order valence-electron chi connectivity index (χ0n) is 12.6. The molecule has 0 bridgehead atoms. The van der Waals surface area contributed by atoms with Gasteiger partial charge in [-0.3, -0.25) is 10.2 Å². The second-order valence-corrected chi connectivity index (χ2v) is 5.47. The first-order chi connectivity index (χ1) is 11.4. The number of hydrazone groups is 1. The van der Waals surface area contributed by atoms with Gasteiger partial charge in [-0.05, 0) is 24.6 Å². The highest BCUT2D eigenvalue weighted by atomic mass is 32.1. The summed E-state index contributed by atoms with van der Waals surface area (Å²) in [4.78, 5) is 15.5. The van der Waals surface area contributed by atoms with Crippen LogP contribution in [0.2, 0.25) is 0 Å². The second-order valence-electron chi connectivity index (χ2n) is 4.62. The molecule has 128 valence electrons. The van der Waals surface area contributed by atoms with E-state index in [1.54, 1.807) is 12.3 Å². The van der Waals surface area contributed by atoms with Gasteiger partial charge in [-0.2, -0.15) is 18.3 Å². The van der Waals surface area contributed by atoms with Crippen LogP contribution in [0, 0.1) is 0 Å². The van der Waals surface area contributed by atoms with Crippen molar-refractivity contribution < 1.29 is 22.7 Å². The molecular formula is C15H14F3N3O2S. The SMILES string of the molecule is CCOC(=O)Cc1csc(N/N=C\c2ccc(C(F)(F)F)cc2)n1. The Morgan fingerprint density at radius 3 is 2.71 bits per heavy atom. The number of esters is 1. The van der Waals surface area contributed by atoms with Gasteiger partial charge in [0.1, 0.15) is 0 Å². The fourth-order valence-corrected chi connectivity index (χ4v) is 2.38. The van der Waals surface area contributed by atoms with E-state index in [1.165, 1.54) is 29.7 Å². The molecule has 0 unspecified atom stereocenters. The van der Waals surface area contributed by atoms with E-state index in [0.29, 0.717) is 23.0 Å². The van der Waals surface area contributed by atoms with E-state index in [-0.39, 0.29) is 12.4 Å². The van der Waals surface area contributed by atoms with Gasteiger partial charge in [0.2, 0.25) is 5.13 Å². The number of hydrogen-bond donors (Lipinski definition) is 1. The number of carbonyl (C=O) groups is 1. The van der Waals surface area contributed by atoms with Gasteiger partial charge in [0, 0.05) is 5.38 Å². The Bertz CT molecular complexity index is 711. The van der Waals surface area contributed by atoms with Crippen molar-refractivity contribution in [3.05, 3.63) is 46.5 Å². The van der Waals surface area contributed by atoms with Crippen molar-refractivity contribution in [1.82, 2.24) is 4.98 Å². The predicted molar refractivity (Wildman–Crippen MR) is 85.1 cm³/mol. The maximum atomic E-state index is 12.4. The molecular weight excluding hydrogens is 343 g/mol. The Balaban J connectivity index is 1.90. The lowest BCUT2D eigenvalue weighted by Crippen LogP contribution is -2.07. The molecule has 0 aliphatic heterocycles. The number of alkyl halides is 3. The number of rotatable bonds is 6. The lowest BCUT2D eigenvalue weighted by Gasteiger charge is -2.05. The van der Waals surface area contributed by atoms with E-state index in [0.717, 1.165) is 12.1 Å². The summed E-state index contributed by atoms with van der Waals surface area (Å²) >= 11 is 1.26. The maximum Gasteiger partial charge on any atom is 0.416 e. The number of halogens is 3. The molecule has 0 radical (unpaired) electrons. The third-order valence-electron chi connectivity index (χ3n) is 2.79. The van der Waals surface area contributed by atoms with Gasteiger partial charge in [-0.15, -0.1) is 11.3 Å². The molecule has 0 spiro atoms. The third-order valence-corrected chi connectivity index (χ3v) is 3.59. The smallest absolute Gasteiger partial charge is 0.416 e. The number of aromatic nitrogens is 1. The molecule has 9 heteroatoms. The lowest BCUT2D eigenvalue weighted by atomic mass is 10.1. The van der Waals surface area contributed by atoms with Gasteiger partial charge in [0.05, 0.1) is 30.5 Å². The molecule has 1 aromatic heterocycles. The number of carbonyl (C=O) groups excluding carboxylic acids is 1. The number of nitrogens with one attached hydrogen (secondary N) is 1. The van der Waals surface area contributed by atoms with Crippen LogP contribution in [0.15, 0.2) is 34.7 Å². The zero-order chi connectivity index (χ0) is 17.6. The second kappa shape index (κ2) is 7.91. The van der Waals surface area contributed by atoms with Crippen LogP contribution in [0.5, 0.6) is 0 Å². The number of hydrogen-bond acceptors (Lipinski definition) is 6. The van der Waals surface area contributed by atoms with E-state index >= 15 is 0 Å². The largest absolute Gasteiger partial charge is 0.466 e. The molecule has 2 rings (SSSR count). The molecule has 0 saturated heterocycles. The Kier molecular flexibility index (Phi) is 5.91. The summed E-state index contributed by atoms with van der Waals surface area (Å²) in [5, 5.41) is 6.08. The summed E-state index contributed by atoms with van der Waals surface area (Å²) in [6.07, 6.45) is -2.90. The molecule has 1 heterocycles. The van der Waals surface area contributed by atoms with Crippen molar-refractivity contribution in [2.75, 3.05) is 12.0 Å². The molecule has 5 nitrogen and oxygen atoms in total. The zero-order valence-corrected chi connectivity index (χ0v) is 13.4. The van der Waals surface area contributed by atoms with Crippen molar-refractivity contribution in [3.8, 4) is 0 Å². The molecule has 0 amide bonds. The first-order valence-corrected chi connectivity index (χ1v) is 7.83. The highest BCUT2D eigenvalue weighted by molar-refractivity contribution is 7.13. The molecule has 2 aromatic rings. The quantitative estimate of drug-likeness (QED) is 0.486. The Morgan fingerprint density at radius 2 is 2.08 bits per heavy atom. The molecule has 0 saturated carbocycles. The molecule has 0 fully saturated rings. The van der Waals surface area contributed by atoms with Crippen LogP contribution >= 0.6 is 11.3 Å². The van der Waals surface area contributed by atoms with Crippen LogP contribution in [0.4, 0.5) is 18.3 Å². The van der Waals surface area contributed by atoms with Crippen molar-refractivity contribution in [2.24, 2.45) is 5.10 Å². The number of benzene rings is 1. The lowest BCUT2D eigenvalue weighted by molar-refractivity contribution is -0.142. The monoisotopic (exact) mass is 357 g/mol. The summed E-state index contributed by atoms with van der Waals surface area (Å²) < 4.78 is 42.2. The standard InChI is InChI=1S/C15H14F3N3O2S/c1-2-23-13(22)7-12-9-24-14(20-12)21-19-8-10-3-5-11(6-4-10)15(16,17)18/h3-6,8-9H,2,7H2,1H3,(H,20,21)/b19-8-. The van der Waals surface area contributed by atoms with Gasteiger partial charge in [0.15, 0.2) is 0 Å². The molecule has 0 aliphatic carbocycles. The highest BCUT2D eigenvalue weighted by Gasteiger charge is 2.29. The van der Waals surface area contributed by atoms with Crippen LogP contribution in [0.1, 0.15) is 23.7 Å². The summed E-state index contributed by atoms with van der Waals surface area (Å²) in [5.41, 5.74) is 3.03.